The summed E-state index contributed by atoms with van der Waals surface area (Å²) < 4.78 is 26.3. The third-order valence-corrected chi connectivity index (χ3v) is 10.6. The molecule has 0 spiro atoms. The van der Waals surface area contributed by atoms with E-state index >= 15 is 4.39 Å². The van der Waals surface area contributed by atoms with E-state index in [0.717, 1.165) is 45.2 Å². The van der Waals surface area contributed by atoms with Crippen LogP contribution in [0.25, 0.3) is 0 Å². The molecule has 49 heavy (non-hydrogen) atoms. The van der Waals surface area contributed by atoms with Crippen LogP contribution in [0.2, 0.25) is 0 Å². The van der Waals surface area contributed by atoms with Gasteiger partial charge in [-0.25, -0.2) is 4.39 Å². The summed E-state index contributed by atoms with van der Waals surface area (Å²) in [5, 5.41) is 12.6. The Morgan fingerprint density at radius 2 is 1.80 bits per heavy atom. The molecule has 1 aromatic heterocycles. The van der Waals surface area contributed by atoms with Crippen LogP contribution < -0.4 is 16.0 Å². The molecule has 12 nitrogen and oxygen atoms in total. The molecule has 1 saturated carbocycles. The topological polar surface area (TPSA) is 146 Å². The Hall–Kier alpha value is -3.84. The van der Waals surface area contributed by atoms with E-state index in [9.17, 15) is 19.2 Å². The molecule has 5 rings (SSSR count). The first-order valence-corrected chi connectivity index (χ1v) is 17.6. The number of rotatable bonds is 11. The first-order valence-electron chi connectivity index (χ1n) is 17.6. The summed E-state index contributed by atoms with van der Waals surface area (Å²) in [6.45, 7) is 11.0. The summed E-state index contributed by atoms with van der Waals surface area (Å²) >= 11 is 0. The molecule has 2 aliphatic heterocycles. The number of likely N-dealkylation sites (N-methyl/N-ethyl adjacent to an activating group) is 1. The molecular formula is C36H51FN6O6. The SMILES string of the molecule is CCC(=O)N[C@@H](C(=O)N1CCN(C)CC1)[C@@H](C)c1ccc(NC(=O)[C@@H](NC(=O)c2conc2C2(C)COC2)[C@@H]2CCC[C@@H](C)CC2)c(F)c1. The van der Waals surface area contributed by atoms with Crippen LogP contribution >= 0.6 is 0 Å². The van der Waals surface area contributed by atoms with Gasteiger partial charge in [-0.1, -0.05) is 51.3 Å². The van der Waals surface area contributed by atoms with Crippen LogP contribution in [-0.4, -0.2) is 97.1 Å². The zero-order chi connectivity index (χ0) is 35.3. The maximum Gasteiger partial charge on any atom is 0.257 e. The van der Waals surface area contributed by atoms with E-state index in [-0.39, 0.29) is 35.4 Å². The van der Waals surface area contributed by atoms with Gasteiger partial charge in [-0.05, 0) is 56.3 Å². The number of nitrogens with zero attached hydrogens (tertiary/aromatic N) is 3. The lowest BCUT2D eigenvalue weighted by molar-refractivity contribution is -0.138. The summed E-state index contributed by atoms with van der Waals surface area (Å²) in [6.07, 6.45) is 5.87. The second-order valence-electron chi connectivity index (χ2n) is 14.5. The van der Waals surface area contributed by atoms with Gasteiger partial charge in [0.25, 0.3) is 5.91 Å². The lowest BCUT2D eigenvalue weighted by atomic mass is 9.82. The van der Waals surface area contributed by atoms with Crippen molar-refractivity contribution in [2.75, 3.05) is 51.8 Å². The summed E-state index contributed by atoms with van der Waals surface area (Å²) in [6, 6.07) is 2.65. The minimum atomic E-state index is -0.918. The molecule has 0 radical (unpaired) electrons. The van der Waals surface area contributed by atoms with E-state index in [1.807, 2.05) is 14.0 Å². The molecule has 0 bridgehead atoms. The molecule has 268 valence electrons. The Bertz CT molecular complexity index is 1500. The Balaban J connectivity index is 1.34. The molecule has 13 heteroatoms. The fraction of sp³-hybridized carbons (Fsp3) is 0.639. The van der Waals surface area contributed by atoms with Crippen LogP contribution in [0.3, 0.4) is 0 Å². The number of carbonyl (C=O) groups is 4. The van der Waals surface area contributed by atoms with Crippen molar-refractivity contribution in [1.29, 1.82) is 0 Å². The summed E-state index contributed by atoms with van der Waals surface area (Å²) in [4.78, 5) is 57.5. The number of aromatic nitrogens is 1. The van der Waals surface area contributed by atoms with E-state index in [0.29, 0.717) is 43.5 Å². The minimum Gasteiger partial charge on any atom is -0.379 e. The lowest BCUT2D eigenvalue weighted by Gasteiger charge is -2.36. The van der Waals surface area contributed by atoms with Gasteiger partial charge in [0.2, 0.25) is 17.7 Å². The number of nitrogens with one attached hydrogen (secondary N) is 3. The van der Waals surface area contributed by atoms with Crippen LogP contribution in [0.1, 0.15) is 93.8 Å². The molecule has 3 heterocycles. The van der Waals surface area contributed by atoms with E-state index in [1.54, 1.807) is 24.8 Å². The Kier molecular flexibility index (Phi) is 11.7. The number of hydrogen-bond donors (Lipinski definition) is 3. The lowest BCUT2D eigenvalue weighted by Crippen LogP contribution is -2.55. The third-order valence-electron chi connectivity index (χ3n) is 10.6. The Morgan fingerprint density at radius 3 is 2.45 bits per heavy atom. The van der Waals surface area contributed by atoms with E-state index in [2.05, 4.69) is 32.9 Å². The largest absolute Gasteiger partial charge is 0.379 e. The number of anilines is 1. The number of halogens is 1. The monoisotopic (exact) mass is 682 g/mol. The zero-order valence-corrected chi connectivity index (χ0v) is 29.4. The van der Waals surface area contributed by atoms with Crippen molar-refractivity contribution in [2.45, 2.75) is 89.6 Å². The highest BCUT2D eigenvalue weighted by atomic mass is 19.1. The molecule has 3 aliphatic rings. The van der Waals surface area contributed by atoms with Crippen LogP contribution in [0.15, 0.2) is 29.0 Å². The highest BCUT2D eigenvalue weighted by Gasteiger charge is 2.42. The van der Waals surface area contributed by atoms with E-state index < -0.39 is 41.0 Å². The van der Waals surface area contributed by atoms with Gasteiger partial charge >= 0.3 is 0 Å². The van der Waals surface area contributed by atoms with Crippen LogP contribution in [0.4, 0.5) is 10.1 Å². The number of amides is 4. The molecule has 2 aromatic rings. The average Bonchev–Trinajstić information content (AvgIpc) is 3.48. The molecule has 3 fully saturated rings. The summed E-state index contributed by atoms with van der Waals surface area (Å²) in [7, 11) is 2.00. The van der Waals surface area contributed by atoms with E-state index in [4.69, 9.17) is 9.26 Å². The summed E-state index contributed by atoms with van der Waals surface area (Å²) in [5.41, 5.74) is 0.762. The van der Waals surface area contributed by atoms with Gasteiger partial charge < -0.3 is 35.0 Å². The first-order chi connectivity index (χ1) is 23.4. The van der Waals surface area contributed by atoms with Gasteiger partial charge in [-0.15, -0.1) is 0 Å². The highest BCUT2D eigenvalue weighted by molar-refractivity contribution is 6.02. The van der Waals surface area contributed by atoms with Crippen molar-refractivity contribution in [2.24, 2.45) is 11.8 Å². The van der Waals surface area contributed by atoms with Gasteiger partial charge in [0.1, 0.15) is 35.4 Å². The standard InChI is InChI=1S/C36H51FN6O6/c1-6-29(44)39-30(35(47)43-16-14-42(5)15-17-43)23(3)25-12-13-28(27(37)18-25)38-34(46)31(24-9-7-8-22(2)10-11-24)40-33(45)26-19-49-41-32(26)36(4)20-48-21-36/h12-13,18-19,22-24,30-31H,6-11,14-17,20-21H2,1-5H3,(H,38,46)(H,39,44)(H,40,45)/t22-,23+,24-,30-,31+/m1/s1. The fourth-order valence-electron chi connectivity index (χ4n) is 7.06. The molecule has 0 unspecified atom stereocenters. The normalized spacial score (nSPS) is 22.9. The van der Waals surface area contributed by atoms with Crippen molar-refractivity contribution in [3.63, 3.8) is 0 Å². The molecule has 2 saturated heterocycles. The molecular weight excluding hydrogens is 631 g/mol. The number of piperazine rings is 1. The van der Waals surface area contributed by atoms with Crippen molar-refractivity contribution < 1.29 is 32.8 Å². The maximum atomic E-state index is 15.8. The Morgan fingerprint density at radius 1 is 1.06 bits per heavy atom. The fourth-order valence-corrected chi connectivity index (χ4v) is 7.06. The molecule has 1 aliphatic carbocycles. The molecule has 3 N–H and O–H groups in total. The molecule has 1 aromatic carbocycles. The number of hydrogen-bond acceptors (Lipinski definition) is 8. The smallest absolute Gasteiger partial charge is 0.257 e. The second kappa shape index (κ2) is 15.8. The first kappa shape index (κ1) is 36.4. The number of ether oxygens (including phenoxy) is 1. The average molecular weight is 683 g/mol. The number of benzene rings is 1. The predicted molar refractivity (Wildman–Crippen MR) is 181 cm³/mol. The maximum absolute atomic E-state index is 15.8. The molecule has 5 atom stereocenters. The quantitative estimate of drug-likeness (QED) is 0.304. The third kappa shape index (κ3) is 8.49. The molecule has 4 amide bonds. The van der Waals surface area contributed by atoms with Gasteiger partial charge in [0.05, 0.1) is 24.3 Å². The minimum absolute atomic E-state index is 0.0356. The van der Waals surface area contributed by atoms with Gasteiger partial charge in [0, 0.05) is 38.5 Å². The Labute approximate surface area is 287 Å². The van der Waals surface area contributed by atoms with Crippen LogP contribution in [0, 0.1) is 17.7 Å². The van der Waals surface area contributed by atoms with Gasteiger partial charge in [0.15, 0.2) is 0 Å². The second-order valence-corrected chi connectivity index (χ2v) is 14.5. The van der Waals surface area contributed by atoms with Crippen molar-refractivity contribution in [1.82, 2.24) is 25.6 Å². The van der Waals surface area contributed by atoms with Crippen molar-refractivity contribution in [3.05, 3.63) is 47.1 Å². The number of carbonyl (C=O) groups excluding carboxylic acids is 4. The van der Waals surface area contributed by atoms with Crippen molar-refractivity contribution >= 4 is 29.3 Å². The zero-order valence-electron chi connectivity index (χ0n) is 29.4. The van der Waals surface area contributed by atoms with Gasteiger partial charge in [-0.2, -0.15) is 0 Å². The summed E-state index contributed by atoms with van der Waals surface area (Å²) in [5.74, 6) is -2.31. The van der Waals surface area contributed by atoms with E-state index in [1.165, 1.54) is 18.4 Å². The van der Waals surface area contributed by atoms with Crippen molar-refractivity contribution in [3.8, 4) is 0 Å². The van der Waals surface area contributed by atoms with Gasteiger partial charge in [-0.3, -0.25) is 19.2 Å². The van der Waals surface area contributed by atoms with Crippen LogP contribution in [-0.2, 0) is 24.5 Å². The van der Waals surface area contributed by atoms with Crippen LogP contribution in [0.5, 0.6) is 0 Å². The predicted octanol–water partition coefficient (Wildman–Crippen LogP) is 3.83. The highest BCUT2D eigenvalue weighted by Crippen LogP contribution is 2.34.